The zero-order chi connectivity index (χ0) is 43.0. The Hall–Kier alpha value is -7.92. The van der Waals surface area contributed by atoms with Crippen LogP contribution >= 0.6 is 11.3 Å². The van der Waals surface area contributed by atoms with Crippen LogP contribution in [0.5, 0.6) is 0 Å². The minimum absolute atomic E-state index is 0.148. The third-order valence-electron chi connectivity index (χ3n) is 14.1. The van der Waals surface area contributed by atoms with E-state index >= 15 is 0 Å². The molecular weight excluding hydrogens is 811 g/mol. The van der Waals surface area contributed by atoms with Gasteiger partial charge >= 0.3 is 0 Å². The summed E-state index contributed by atoms with van der Waals surface area (Å²) in [5.74, 6) is 0. The molecule has 0 fully saturated rings. The van der Waals surface area contributed by atoms with Crippen molar-refractivity contribution >= 4 is 103 Å². The van der Waals surface area contributed by atoms with Crippen molar-refractivity contribution in [1.29, 1.82) is 0 Å². The van der Waals surface area contributed by atoms with Crippen molar-refractivity contribution in [2.75, 3.05) is 4.90 Å². The second-order valence-corrected chi connectivity index (χ2v) is 19.0. The summed E-state index contributed by atoms with van der Waals surface area (Å²) in [6.45, 7) is 4.71. The molecule has 0 atom stereocenters. The molecule has 1 aliphatic carbocycles. The monoisotopic (exact) mass is 849 g/mol. The van der Waals surface area contributed by atoms with Crippen LogP contribution in [0.25, 0.3) is 108 Å². The van der Waals surface area contributed by atoms with E-state index in [4.69, 9.17) is 8.83 Å². The average molecular weight is 850 g/mol. The van der Waals surface area contributed by atoms with Gasteiger partial charge in [-0.1, -0.05) is 153 Å². The van der Waals surface area contributed by atoms with Gasteiger partial charge in [-0.05, 0) is 105 Å². The maximum absolute atomic E-state index is 7.00. The molecule has 65 heavy (non-hydrogen) atoms. The summed E-state index contributed by atoms with van der Waals surface area (Å²) >= 11 is 1.87. The normalized spacial score (nSPS) is 13.2. The number of fused-ring (bicyclic) bond motifs is 13. The fourth-order valence-corrected chi connectivity index (χ4v) is 12.2. The molecule has 13 aromatic rings. The van der Waals surface area contributed by atoms with Gasteiger partial charge in [0.25, 0.3) is 0 Å². The zero-order valence-corrected chi connectivity index (χ0v) is 36.5. The fraction of sp³-hybridized carbons (Fsp3) is 0.0492. The highest BCUT2D eigenvalue weighted by Crippen LogP contribution is 2.52. The molecule has 10 aromatic carbocycles. The molecule has 0 radical (unpaired) electrons. The van der Waals surface area contributed by atoms with Gasteiger partial charge in [0.1, 0.15) is 22.3 Å². The third-order valence-corrected chi connectivity index (χ3v) is 15.3. The summed E-state index contributed by atoms with van der Waals surface area (Å²) in [6.07, 6.45) is 0. The van der Waals surface area contributed by atoms with E-state index in [1.165, 1.54) is 53.6 Å². The van der Waals surface area contributed by atoms with E-state index in [-0.39, 0.29) is 5.41 Å². The van der Waals surface area contributed by atoms with Gasteiger partial charge in [-0.3, -0.25) is 0 Å². The van der Waals surface area contributed by atoms with Gasteiger partial charge in [0, 0.05) is 75.3 Å². The van der Waals surface area contributed by atoms with E-state index in [2.05, 4.69) is 207 Å². The first-order chi connectivity index (χ1) is 32.0. The van der Waals surface area contributed by atoms with Crippen LogP contribution in [0.4, 0.5) is 17.1 Å². The van der Waals surface area contributed by atoms with Crippen molar-refractivity contribution in [3.8, 4) is 33.4 Å². The number of benzene rings is 10. The number of furan rings is 2. The summed E-state index contributed by atoms with van der Waals surface area (Å²) in [6, 6.07) is 72.8. The molecule has 3 heterocycles. The molecule has 0 saturated carbocycles. The van der Waals surface area contributed by atoms with Crippen molar-refractivity contribution in [2.24, 2.45) is 0 Å². The summed E-state index contributed by atoms with van der Waals surface area (Å²) < 4.78 is 16.3. The van der Waals surface area contributed by atoms with E-state index in [0.29, 0.717) is 0 Å². The van der Waals surface area contributed by atoms with Gasteiger partial charge in [-0.25, -0.2) is 0 Å². The molecule has 4 heteroatoms. The van der Waals surface area contributed by atoms with Crippen LogP contribution in [0, 0.1) is 0 Å². The average Bonchev–Trinajstić information content (AvgIpc) is 4.09. The Bertz CT molecular complexity index is 4110. The van der Waals surface area contributed by atoms with Gasteiger partial charge < -0.3 is 13.7 Å². The molecule has 0 bridgehead atoms. The SMILES string of the molecule is CC1(C)c2ccccc2-c2ccc(N(c3ccc(-c4cccc5c4sc4ccccc45)cc3)c3ccc4oc5c(-c6cccc7c6oc6ccccc67)c6ccccc6cc5c4c3)cc21. The minimum Gasteiger partial charge on any atom is -0.455 e. The first kappa shape index (κ1) is 36.6. The lowest BCUT2D eigenvalue weighted by atomic mass is 9.82. The summed E-state index contributed by atoms with van der Waals surface area (Å²) in [4.78, 5) is 2.42. The van der Waals surface area contributed by atoms with Crippen LogP contribution in [0.3, 0.4) is 0 Å². The van der Waals surface area contributed by atoms with Gasteiger partial charge in [0.05, 0.1) is 0 Å². The molecular formula is C61H39NO2S. The molecule has 0 amide bonds. The number of nitrogens with zero attached hydrogens (tertiary/aromatic N) is 1. The van der Waals surface area contributed by atoms with Gasteiger partial charge in [-0.15, -0.1) is 11.3 Å². The van der Waals surface area contributed by atoms with Crippen molar-refractivity contribution in [3.05, 3.63) is 211 Å². The molecule has 14 rings (SSSR count). The third kappa shape index (κ3) is 5.29. The smallest absolute Gasteiger partial charge is 0.144 e. The van der Waals surface area contributed by atoms with Crippen LogP contribution in [0.15, 0.2) is 209 Å². The largest absolute Gasteiger partial charge is 0.455 e. The van der Waals surface area contributed by atoms with Crippen molar-refractivity contribution in [1.82, 2.24) is 0 Å². The number of anilines is 3. The second kappa shape index (κ2) is 13.5. The number of para-hydroxylation sites is 2. The van der Waals surface area contributed by atoms with E-state index in [9.17, 15) is 0 Å². The van der Waals surface area contributed by atoms with Crippen LogP contribution < -0.4 is 4.90 Å². The standard InChI is InChI=1S/C61H39NO2S/c1-61(2)52-22-8-5-15-43(52)44-31-29-40(35-53(44)61)62(38-27-25-36(26-28-38)42-18-11-20-48-46-17-7-10-24-56(46)65-60(42)48)39-30-32-55-50(34-39)51-33-37-13-3-4-14-41(37)57(59(51)64-55)49-21-12-19-47-45-16-6-9-23-54(45)63-58(47)49/h3-35H,1-2H3. The van der Waals surface area contributed by atoms with E-state index in [1.807, 2.05) is 23.5 Å². The zero-order valence-electron chi connectivity index (χ0n) is 35.7. The van der Waals surface area contributed by atoms with E-state index in [0.717, 1.165) is 82.8 Å². The first-order valence-electron chi connectivity index (χ1n) is 22.3. The van der Waals surface area contributed by atoms with Crippen molar-refractivity contribution in [2.45, 2.75) is 19.3 Å². The molecule has 1 aliphatic rings. The second-order valence-electron chi connectivity index (χ2n) is 18.0. The summed E-state index contributed by atoms with van der Waals surface area (Å²) in [7, 11) is 0. The lowest BCUT2D eigenvalue weighted by molar-refractivity contribution is 0.660. The Morgan fingerprint density at radius 3 is 1.92 bits per heavy atom. The Labute approximate surface area is 379 Å². The Morgan fingerprint density at radius 1 is 0.400 bits per heavy atom. The quantitative estimate of drug-likeness (QED) is 0.173. The van der Waals surface area contributed by atoms with Crippen LogP contribution in [0.1, 0.15) is 25.0 Å². The summed E-state index contributed by atoms with van der Waals surface area (Å²) in [5.41, 5.74) is 16.4. The van der Waals surface area contributed by atoms with Crippen molar-refractivity contribution in [3.63, 3.8) is 0 Å². The van der Waals surface area contributed by atoms with Crippen molar-refractivity contribution < 1.29 is 8.83 Å². The molecule has 0 spiro atoms. The molecule has 306 valence electrons. The van der Waals surface area contributed by atoms with Crippen LogP contribution in [-0.2, 0) is 5.41 Å². The predicted octanol–water partition coefficient (Wildman–Crippen LogP) is 18.1. The number of thiophene rings is 1. The predicted molar refractivity (Wildman–Crippen MR) is 275 cm³/mol. The highest BCUT2D eigenvalue weighted by molar-refractivity contribution is 7.26. The molecule has 0 unspecified atom stereocenters. The number of hydrogen-bond donors (Lipinski definition) is 0. The highest BCUT2D eigenvalue weighted by Gasteiger charge is 2.36. The Morgan fingerprint density at radius 2 is 1.03 bits per heavy atom. The van der Waals surface area contributed by atoms with Crippen LogP contribution in [0.2, 0.25) is 0 Å². The Kier molecular flexibility index (Phi) is 7.62. The molecule has 0 aliphatic heterocycles. The number of rotatable bonds is 5. The topological polar surface area (TPSA) is 29.5 Å². The van der Waals surface area contributed by atoms with Gasteiger partial charge in [0.15, 0.2) is 0 Å². The molecule has 3 aromatic heterocycles. The Balaban J connectivity index is 0.972. The highest BCUT2D eigenvalue weighted by atomic mass is 32.1. The van der Waals surface area contributed by atoms with Gasteiger partial charge in [-0.2, -0.15) is 0 Å². The molecule has 0 saturated heterocycles. The lowest BCUT2D eigenvalue weighted by Gasteiger charge is -2.28. The van der Waals surface area contributed by atoms with E-state index in [1.54, 1.807) is 0 Å². The maximum atomic E-state index is 7.00. The minimum atomic E-state index is -0.148. The summed E-state index contributed by atoms with van der Waals surface area (Å²) in [5, 5.41) is 9.24. The fourth-order valence-electron chi connectivity index (χ4n) is 11.0. The van der Waals surface area contributed by atoms with Crippen LogP contribution in [-0.4, -0.2) is 0 Å². The van der Waals surface area contributed by atoms with E-state index < -0.39 is 0 Å². The molecule has 3 nitrogen and oxygen atoms in total. The lowest BCUT2D eigenvalue weighted by Crippen LogP contribution is -2.16. The molecule has 0 N–H and O–H groups in total. The number of hydrogen-bond acceptors (Lipinski definition) is 4. The van der Waals surface area contributed by atoms with Gasteiger partial charge in [0.2, 0.25) is 0 Å². The maximum Gasteiger partial charge on any atom is 0.144 e. The first-order valence-corrected chi connectivity index (χ1v) is 23.1.